The van der Waals surface area contributed by atoms with Crippen LogP contribution >= 0.6 is 0 Å². The first-order valence-corrected chi connectivity index (χ1v) is 7.43. The van der Waals surface area contributed by atoms with Crippen molar-refractivity contribution < 1.29 is 0 Å². The molecule has 0 aliphatic carbocycles. The van der Waals surface area contributed by atoms with Crippen molar-refractivity contribution in [2.24, 2.45) is 0 Å². The van der Waals surface area contributed by atoms with Crippen LogP contribution < -0.4 is 5.32 Å². The molecule has 0 fully saturated rings. The van der Waals surface area contributed by atoms with E-state index in [0.29, 0.717) is 12.1 Å². The summed E-state index contributed by atoms with van der Waals surface area (Å²) in [6.45, 7) is 9.78. The first-order chi connectivity index (χ1) is 8.67. The number of rotatable bonds is 9. The molecule has 104 valence electrons. The summed E-state index contributed by atoms with van der Waals surface area (Å²) in [7, 11) is 0. The molecule has 3 heteroatoms. The van der Waals surface area contributed by atoms with Gasteiger partial charge in [-0.05, 0) is 26.7 Å². The fourth-order valence-electron chi connectivity index (χ4n) is 2.16. The van der Waals surface area contributed by atoms with Crippen LogP contribution in [0.15, 0.2) is 12.4 Å². The van der Waals surface area contributed by atoms with E-state index in [2.05, 4.69) is 44.3 Å². The molecule has 1 unspecified atom stereocenters. The van der Waals surface area contributed by atoms with E-state index in [-0.39, 0.29) is 0 Å². The Morgan fingerprint density at radius 1 is 1.22 bits per heavy atom. The molecule has 0 radical (unpaired) electrons. The Morgan fingerprint density at radius 3 is 2.56 bits per heavy atom. The van der Waals surface area contributed by atoms with Gasteiger partial charge >= 0.3 is 0 Å². The van der Waals surface area contributed by atoms with Gasteiger partial charge in [-0.2, -0.15) is 5.10 Å². The molecule has 1 heterocycles. The highest BCUT2D eigenvalue weighted by atomic mass is 15.3. The number of aromatic nitrogens is 2. The van der Waals surface area contributed by atoms with Gasteiger partial charge in [-0.15, -0.1) is 0 Å². The van der Waals surface area contributed by atoms with Crippen LogP contribution in [0.3, 0.4) is 0 Å². The Morgan fingerprint density at radius 2 is 2.00 bits per heavy atom. The van der Waals surface area contributed by atoms with Crippen molar-refractivity contribution in [1.82, 2.24) is 15.1 Å². The summed E-state index contributed by atoms with van der Waals surface area (Å²) in [6.07, 6.45) is 10.6. The molecular formula is C15H29N3. The lowest BCUT2D eigenvalue weighted by molar-refractivity contribution is 0.434. The van der Waals surface area contributed by atoms with E-state index in [1.54, 1.807) is 0 Å². The monoisotopic (exact) mass is 251 g/mol. The molecule has 1 aromatic rings. The Labute approximate surface area is 112 Å². The lowest BCUT2D eigenvalue weighted by atomic mass is 10.1. The molecule has 0 saturated heterocycles. The van der Waals surface area contributed by atoms with Crippen molar-refractivity contribution in [2.45, 2.75) is 78.4 Å². The summed E-state index contributed by atoms with van der Waals surface area (Å²) in [5.74, 6) is 0. The zero-order valence-corrected chi connectivity index (χ0v) is 12.4. The molecule has 0 spiro atoms. The third-order valence-electron chi connectivity index (χ3n) is 3.32. The quantitative estimate of drug-likeness (QED) is 0.721. The average molecular weight is 251 g/mol. The molecule has 0 saturated carbocycles. The predicted octanol–water partition coefficient (Wildman–Crippen LogP) is 3.91. The third kappa shape index (κ3) is 5.21. The molecule has 1 N–H and O–H groups in total. The van der Waals surface area contributed by atoms with E-state index in [4.69, 9.17) is 0 Å². The van der Waals surface area contributed by atoms with E-state index < -0.39 is 0 Å². The van der Waals surface area contributed by atoms with Gasteiger partial charge in [0, 0.05) is 30.4 Å². The summed E-state index contributed by atoms with van der Waals surface area (Å²) in [5.41, 5.74) is 1.29. The molecule has 0 amide bonds. The summed E-state index contributed by atoms with van der Waals surface area (Å²) >= 11 is 0. The normalized spacial score (nSPS) is 13.2. The Bertz CT molecular complexity index is 317. The molecule has 18 heavy (non-hydrogen) atoms. The van der Waals surface area contributed by atoms with Gasteiger partial charge in [-0.1, -0.05) is 33.1 Å². The number of unbranched alkanes of at least 4 members (excludes halogenated alkanes) is 1. The molecule has 0 aromatic carbocycles. The van der Waals surface area contributed by atoms with Crippen LogP contribution in [0.5, 0.6) is 0 Å². The molecule has 0 bridgehead atoms. The topological polar surface area (TPSA) is 29.9 Å². The van der Waals surface area contributed by atoms with E-state index in [1.807, 2.05) is 10.9 Å². The highest BCUT2D eigenvalue weighted by molar-refractivity contribution is 5.04. The Balaban J connectivity index is 2.39. The number of hydrogen-bond donors (Lipinski definition) is 1. The van der Waals surface area contributed by atoms with Crippen LogP contribution in [0, 0.1) is 0 Å². The van der Waals surface area contributed by atoms with Crippen LogP contribution in [0.2, 0.25) is 0 Å². The lowest BCUT2D eigenvalue weighted by Crippen LogP contribution is -2.28. The zero-order chi connectivity index (χ0) is 13.4. The zero-order valence-electron chi connectivity index (χ0n) is 12.4. The highest BCUT2D eigenvalue weighted by Crippen LogP contribution is 2.09. The molecule has 1 aromatic heterocycles. The molecular weight excluding hydrogens is 222 g/mol. The second-order valence-electron chi connectivity index (χ2n) is 5.43. The van der Waals surface area contributed by atoms with Gasteiger partial charge in [0.25, 0.3) is 0 Å². The first-order valence-electron chi connectivity index (χ1n) is 7.43. The fraction of sp³-hybridized carbons (Fsp3) is 0.800. The van der Waals surface area contributed by atoms with Crippen molar-refractivity contribution in [3.05, 3.63) is 18.0 Å². The van der Waals surface area contributed by atoms with Crippen LogP contribution in [-0.2, 0) is 6.54 Å². The summed E-state index contributed by atoms with van der Waals surface area (Å²) in [4.78, 5) is 0. The Hall–Kier alpha value is -0.830. The van der Waals surface area contributed by atoms with E-state index in [1.165, 1.54) is 37.7 Å². The van der Waals surface area contributed by atoms with Crippen LogP contribution in [-0.4, -0.2) is 15.8 Å². The molecule has 1 rings (SSSR count). The van der Waals surface area contributed by atoms with Crippen molar-refractivity contribution in [3.63, 3.8) is 0 Å². The molecule has 3 nitrogen and oxygen atoms in total. The number of hydrogen-bond acceptors (Lipinski definition) is 2. The molecule has 1 atom stereocenters. The summed E-state index contributed by atoms with van der Waals surface area (Å²) < 4.78 is 2.03. The summed E-state index contributed by atoms with van der Waals surface area (Å²) in [6, 6.07) is 1.11. The van der Waals surface area contributed by atoms with Crippen molar-refractivity contribution in [3.8, 4) is 0 Å². The predicted molar refractivity (Wildman–Crippen MR) is 77.7 cm³/mol. The van der Waals surface area contributed by atoms with Gasteiger partial charge < -0.3 is 5.32 Å². The van der Waals surface area contributed by atoms with Gasteiger partial charge in [0.15, 0.2) is 0 Å². The Kier molecular flexibility index (Phi) is 7.02. The lowest BCUT2D eigenvalue weighted by Gasteiger charge is -2.17. The van der Waals surface area contributed by atoms with Gasteiger partial charge in [0.1, 0.15) is 0 Å². The minimum atomic E-state index is 0.449. The van der Waals surface area contributed by atoms with Gasteiger partial charge in [0.2, 0.25) is 0 Å². The number of nitrogens with one attached hydrogen (secondary N) is 1. The third-order valence-corrected chi connectivity index (χ3v) is 3.32. The highest BCUT2D eigenvalue weighted by Gasteiger charge is 2.07. The maximum atomic E-state index is 4.38. The first kappa shape index (κ1) is 15.2. The van der Waals surface area contributed by atoms with Crippen LogP contribution in [0.25, 0.3) is 0 Å². The van der Waals surface area contributed by atoms with Crippen LogP contribution in [0.4, 0.5) is 0 Å². The van der Waals surface area contributed by atoms with Crippen molar-refractivity contribution >= 4 is 0 Å². The molecule has 0 aliphatic rings. The standard InChI is InChI=1S/C15H29N3/c1-5-7-9-15(8-6-2)16-10-14-11-17-18(12-14)13(3)4/h11-13,15-16H,5-10H2,1-4H3. The smallest absolute Gasteiger partial charge is 0.0534 e. The van der Waals surface area contributed by atoms with Crippen molar-refractivity contribution in [1.29, 1.82) is 0 Å². The summed E-state index contributed by atoms with van der Waals surface area (Å²) in [5, 5.41) is 8.05. The minimum absolute atomic E-state index is 0.449. The maximum Gasteiger partial charge on any atom is 0.0534 e. The second kappa shape index (κ2) is 8.30. The average Bonchev–Trinajstić information content (AvgIpc) is 2.81. The van der Waals surface area contributed by atoms with E-state index in [9.17, 15) is 0 Å². The van der Waals surface area contributed by atoms with Crippen molar-refractivity contribution in [2.75, 3.05) is 0 Å². The molecule has 0 aliphatic heterocycles. The van der Waals surface area contributed by atoms with E-state index in [0.717, 1.165) is 6.54 Å². The largest absolute Gasteiger partial charge is 0.310 e. The van der Waals surface area contributed by atoms with Gasteiger partial charge in [0.05, 0.1) is 6.20 Å². The minimum Gasteiger partial charge on any atom is -0.310 e. The fourth-order valence-corrected chi connectivity index (χ4v) is 2.16. The van der Waals surface area contributed by atoms with E-state index >= 15 is 0 Å². The second-order valence-corrected chi connectivity index (χ2v) is 5.43. The van der Waals surface area contributed by atoms with Gasteiger partial charge in [-0.25, -0.2) is 0 Å². The SMILES string of the molecule is CCCCC(CCC)NCc1cnn(C(C)C)c1. The number of nitrogens with zero attached hydrogens (tertiary/aromatic N) is 2. The van der Waals surface area contributed by atoms with Crippen LogP contribution in [0.1, 0.15) is 71.4 Å². The van der Waals surface area contributed by atoms with Gasteiger partial charge in [-0.3, -0.25) is 4.68 Å². The maximum absolute atomic E-state index is 4.38.